The summed E-state index contributed by atoms with van der Waals surface area (Å²) in [6.45, 7) is 4.24. The van der Waals surface area contributed by atoms with Crippen LogP contribution in [-0.4, -0.2) is 42.4 Å². The van der Waals surface area contributed by atoms with Crippen LogP contribution in [0, 0.1) is 5.92 Å². The molecule has 0 radical (unpaired) electrons. The second kappa shape index (κ2) is 10.5. The smallest absolute Gasteiger partial charge is 0.336 e. The first-order chi connectivity index (χ1) is 16.5. The van der Waals surface area contributed by atoms with Crippen molar-refractivity contribution < 1.29 is 28.9 Å². The van der Waals surface area contributed by atoms with E-state index in [-0.39, 0.29) is 24.7 Å². The maximum Gasteiger partial charge on any atom is 0.336 e. The van der Waals surface area contributed by atoms with Crippen LogP contribution in [0.2, 0.25) is 0 Å². The molecule has 2 aliphatic rings. The number of para-hydroxylation sites is 1. The van der Waals surface area contributed by atoms with Crippen molar-refractivity contribution in [2.75, 3.05) is 19.8 Å². The monoisotopic (exact) mass is 463 g/mol. The van der Waals surface area contributed by atoms with E-state index in [1.54, 1.807) is 19.1 Å². The zero-order valence-electron chi connectivity index (χ0n) is 19.5. The van der Waals surface area contributed by atoms with Gasteiger partial charge >= 0.3 is 5.97 Å². The molecule has 0 amide bonds. The number of fused-ring (bicyclic) bond motifs is 1. The lowest BCUT2D eigenvalue weighted by Gasteiger charge is -2.35. The first-order valence-corrected chi connectivity index (χ1v) is 11.6. The summed E-state index contributed by atoms with van der Waals surface area (Å²) in [7, 11) is 0. The highest BCUT2D eigenvalue weighted by Gasteiger charge is 2.44. The van der Waals surface area contributed by atoms with Crippen LogP contribution in [-0.2, 0) is 14.3 Å². The van der Waals surface area contributed by atoms with Crippen molar-refractivity contribution in [1.29, 1.82) is 0 Å². The molecule has 0 saturated heterocycles. The fraction of sp³-hybridized carbons (Fsp3) is 0.370. The van der Waals surface area contributed by atoms with Crippen LogP contribution < -0.4 is 9.47 Å². The fourth-order valence-electron chi connectivity index (χ4n) is 4.63. The summed E-state index contributed by atoms with van der Waals surface area (Å²) in [5.74, 6) is -0.527. The maximum atomic E-state index is 13.3. The number of hydrogen-bond acceptors (Lipinski definition) is 7. The number of esters is 1. The normalized spacial score (nSPS) is 19.8. The summed E-state index contributed by atoms with van der Waals surface area (Å²) in [6, 6.07) is 14.3. The molecule has 4 rings (SSSR count). The van der Waals surface area contributed by atoms with Gasteiger partial charge in [-0.2, -0.15) is 0 Å². The number of nitrogens with zero attached hydrogens (tertiary/aromatic N) is 1. The van der Waals surface area contributed by atoms with Crippen LogP contribution in [0.5, 0.6) is 17.2 Å². The number of hydrogen-bond donors (Lipinski definition) is 1. The number of carbonyl (C=O) groups excluding carboxylic acids is 2. The predicted octanol–water partition coefficient (Wildman–Crippen LogP) is 4.59. The number of aliphatic imine (C=N–C) groups is 1. The Kier molecular flexibility index (Phi) is 7.30. The third-order valence-electron chi connectivity index (χ3n) is 6.10. The van der Waals surface area contributed by atoms with Crippen LogP contribution in [0.15, 0.2) is 64.8 Å². The van der Waals surface area contributed by atoms with Gasteiger partial charge in [0.15, 0.2) is 11.5 Å². The van der Waals surface area contributed by atoms with Crippen LogP contribution >= 0.6 is 0 Å². The van der Waals surface area contributed by atoms with Crippen molar-refractivity contribution in [1.82, 2.24) is 0 Å². The molecule has 1 heterocycles. The molecule has 0 bridgehead atoms. The van der Waals surface area contributed by atoms with Crippen molar-refractivity contribution in [3.63, 3.8) is 0 Å². The maximum absolute atomic E-state index is 13.3. The van der Waals surface area contributed by atoms with Crippen molar-refractivity contribution >= 4 is 17.5 Å². The zero-order chi connectivity index (χ0) is 24.1. The topological polar surface area (TPSA) is 94.4 Å². The van der Waals surface area contributed by atoms with Crippen molar-refractivity contribution in [3.05, 3.63) is 65.4 Å². The molecule has 7 heteroatoms. The first-order valence-electron chi connectivity index (χ1n) is 11.6. The molecule has 0 spiro atoms. The Morgan fingerprint density at radius 2 is 1.85 bits per heavy atom. The van der Waals surface area contributed by atoms with Crippen molar-refractivity contribution in [2.45, 2.75) is 39.0 Å². The van der Waals surface area contributed by atoms with E-state index in [4.69, 9.17) is 14.2 Å². The zero-order valence-corrected chi connectivity index (χ0v) is 19.5. The minimum atomic E-state index is -0.553. The van der Waals surface area contributed by atoms with E-state index in [0.29, 0.717) is 47.8 Å². The van der Waals surface area contributed by atoms with E-state index < -0.39 is 17.8 Å². The first kappa shape index (κ1) is 23.5. The SMILES string of the molecule is CCOc1cc([C@H]2C(C(=O)OCCOc3ccccc3)=C(C)N=C3CCCC(=O)C32)ccc1O. The molecular weight excluding hydrogens is 434 g/mol. The molecule has 34 heavy (non-hydrogen) atoms. The summed E-state index contributed by atoms with van der Waals surface area (Å²) in [5, 5.41) is 10.2. The summed E-state index contributed by atoms with van der Waals surface area (Å²) in [4.78, 5) is 30.9. The fourth-order valence-corrected chi connectivity index (χ4v) is 4.63. The minimum absolute atomic E-state index is 0.00756. The minimum Gasteiger partial charge on any atom is -0.504 e. The van der Waals surface area contributed by atoms with Crippen LogP contribution in [0.3, 0.4) is 0 Å². The van der Waals surface area contributed by atoms with Crippen LogP contribution in [0.1, 0.15) is 44.6 Å². The standard InChI is InChI=1S/C27H29NO6/c1-3-32-23-16-18(12-13-21(23)29)25-24(17(2)28-20-10-7-11-22(30)26(20)25)27(31)34-15-14-33-19-8-5-4-6-9-19/h4-6,8-9,12-13,16,25-26,29H,3,7,10-11,14-15H2,1-2H3/t25-,26?/m0/s1. The highest BCUT2D eigenvalue weighted by molar-refractivity contribution is 6.11. The molecule has 2 aromatic carbocycles. The number of phenolic OH excluding ortho intramolecular Hbond substituents is 1. The molecule has 2 atom stereocenters. The molecular formula is C27H29NO6. The van der Waals surface area contributed by atoms with Gasteiger partial charge in [0.05, 0.1) is 18.1 Å². The van der Waals surface area contributed by atoms with Gasteiger partial charge in [0.2, 0.25) is 0 Å². The predicted molar refractivity (Wildman–Crippen MR) is 127 cm³/mol. The molecule has 2 aromatic rings. The Hall–Kier alpha value is -3.61. The van der Waals surface area contributed by atoms with Gasteiger partial charge in [-0.15, -0.1) is 0 Å². The number of ether oxygens (including phenoxy) is 3. The van der Waals surface area contributed by atoms with Crippen LogP contribution in [0.25, 0.3) is 0 Å². The molecule has 1 N–H and O–H groups in total. The quantitative estimate of drug-likeness (QED) is 0.454. The van der Waals surface area contributed by atoms with Crippen LogP contribution in [0.4, 0.5) is 0 Å². The number of ketones is 1. The van der Waals surface area contributed by atoms with E-state index in [9.17, 15) is 14.7 Å². The number of phenols is 1. The number of allylic oxidation sites excluding steroid dienone is 1. The lowest BCUT2D eigenvalue weighted by atomic mass is 9.69. The van der Waals surface area contributed by atoms with Gasteiger partial charge in [0.1, 0.15) is 24.7 Å². The lowest BCUT2D eigenvalue weighted by molar-refractivity contribution is -0.140. The molecule has 178 valence electrons. The molecule has 1 unspecified atom stereocenters. The van der Waals surface area contributed by atoms with Gasteiger partial charge in [-0.3, -0.25) is 9.79 Å². The lowest BCUT2D eigenvalue weighted by Crippen LogP contribution is -2.39. The van der Waals surface area contributed by atoms with E-state index >= 15 is 0 Å². The Morgan fingerprint density at radius 1 is 1.06 bits per heavy atom. The summed E-state index contributed by atoms with van der Waals surface area (Å²) in [6.07, 6.45) is 1.92. The van der Waals surface area contributed by atoms with Gasteiger partial charge in [-0.1, -0.05) is 24.3 Å². The highest BCUT2D eigenvalue weighted by Crippen LogP contribution is 2.44. The average Bonchev–Trinajstić information content (AvgIpc) is 2.83. The molecule has 7 nitrogen and oxygen atoms in total. The Bertz CT molecular complexity index is 1120. The molecule has 1 saturated carbocycles. The van der Waals surface area contributed by atoms with E-state index in [0.717, 1.165) is 12.1 Å². The van der Waals surface area contributed by atoms with Gasteiger partial charge in [-0.25, -0.2) is 4.79 Å². The molecule has 1 fully saturated rings. The number of rotatable bonds is 8. The van der Waals surface area contributed by atoms with E-state index in [1.165, 1.54) is 6.07 Å². The Balaban J connectivity index is 1.61. The summed E-state index contributed by atoms with van der Waals surface area (Å²) >= 11 is 0. The summed E-state index contributed by atoms with van der Waals surface area (Å²) in [5.41, 5.74) is 2.41. The van der Waals surface area contributed by atoms with Crippen molar-refractivity contribution in [3.8, 4) is 17.2 Å². The van der Waals surface area contributed by atoms with Gasteiger partial charge in [0.25, 0.3) is 0 Å². The third kappa shape index (κ3) is 4.98. The largest absolute Gasteiger partial charge is 0.504 e. The van der Waals surface area contributed by atoms with E-state index in [2.05, 4.69) is 4.99 Å². The molecule has 1 aliphatic carbocycles. The third-order valence-corrected chi connectivity index (χ3v) is 6.10. The number of benzene rings is 2. The van der Waals surface area contributed by atoms with Gasteiger partial charge in [-0.05, 0) is 56.5 Å². The Labute approximate surface area is 199 Å². The summed E-state index contributed by atoms with van der Waals surface area (Å²) < 4.78 is 16.7. The average molecular weight is 464 g/mol. The Morgan fingerprint density at radius 3 is 2.62 bits per heavy atom. The van der Waals surface area contributed by atoms with E-state index in [1.807, 2.05) is 37.3 Å². The number of carbonyl (C=O) groups is 2. The van der Waals surface area contributed by atoms with Gasteiger partial charge < -0.3 is 19.3 Å². The number of Topliss-reactive ketones (excluding diaryl/α,β-unsaturated/α-hetero) is 1. The highest BCUT2D eigenvalue weighted by atomic mass is 16.6. The molecule has 0 aromatic heterocycles. The van der Waals surface area contributed by atoms with Crippen molar-refractivity contribution in [2.24, 2.45) is 10.9 Å². The van der Waals surface area contributed by atoms with Gasteiger partial charge in [0, 0.05) is 23.7 Å². The second-order valence-corrected chi connectivity index (χ2v) is 8.34. The number of aromatic hydroxyl groups is 1. The molecule has 1 aliphatic heterocycles. The second-order valence-electron chi connectivity index (χ2n) is 8.34.